The quantitative estimate of drug-likeness (QED) is 0.153. The van der Waals surface area contributed by atoms with Gasteiger partial charge in [0.15, 0.2) is 0 Å². The summed E-state index contributed by atoms with van der Waals surface area (Å²) in [6.07, 6.45) is 13.5. The molecule has 0 saturated heterocycles. The maximum absolute atomic E-state index is 5.01. The first kappa shape index (κ1) is 27.0. The molecule has 3 rings (SSSR count). The van der Waals surface area contributed by atoms with Gasteiger partial charge in [0.05, 0.1) is 20.8 Å². The second kappa shape index (κ2) is 13.5. The number of benzene rings is 2. The number of unbranched alkanes of at least 4 members (excludes halogenated alkanes) is 8. The summed E-state index contributed by atoms with van der Waals surface area (Å²) < 4.78 is 3.51. The van der Waals surface area contributed by atoms with Crippen molar-refractivity contribution in [2.24, 2.45) is 0 Å². The van der Waals surface area contributed by atoms with Crippen LogP contribution in [0, 0.1) is 0 Å². The summed E-state index contributed by atoms with van der Waals surface area (Å²) in [4.78, 5) is 8.42. The number of aryl methyl sites for hydroxylation is 1. The summed E-state index contributed by atoms with van der Waals surface area (Å²) >= 11 is 1.85. The van der Waals surface area contributed by atoms with Gasteiger partial charge in [0, 0.05) is 31.4 Å². The molecule has 5 heteroatoms. The lowest BCUT2D eigenvalue weighted by atomic mass is 10.0. The van der Waals surface area contributed by atoms with Crippen LogP contribution >= 0.6 is 11.3 Å². The molecule has 1 aromatic carbocycles. The van der Waals surface area contributed by atoms with Crippen molar-refractivity contribution in [2.45, 2.75) is 71.1 Å². The van der Waals surface area contributed by atoms with Gasteiger partial charge in [-0.05, 0) is 37.1 Å². The molecule has 0 radical (unpaired) electrons. The highest BCUT2D eigenvalue weighted by Gasteiger charge is 2.14. The number of fused-ring (bicyclic) bond motifs is 2. The Bertz CT molecular complexity index is 1020. The van der Waals surface area contributed by atoms with E-state index in [4.69, 9.17) is 4.98 Å². The average Bonchev–Trinajstić information content (AvgIpc) is 2.75. The summed E-state index contributed by atoms with van der Waals surface area (Å²) in [5, 5.41) is 1.34. The molecular formula is C27H40IN3S. The minimum absolute atomic E-state index is 0. The first-order valence-electron chi connectivity index (χ1n) is 12.0. The second-order valence-electron chi connectivity index (χ2n) is 9.18. The van der Waals surface area contributed by atoms with Crippen LogP contribution in [0.3, 0.4) is 0 Å². The van der Waals surface area contributed by atoms with Gasteiger partial charge >= 0.3 is 0 Å². The van der Waals surface area contributed by atoms with Crippen molar-refractivity contribution in [3.05, 3.63) is 41.3 Å². The van der Waals surface area contributed by atoms with E-state index < -0.39 is 0 Å². The molecule has 0 amide bonds. The number of hydrogen-bond donors (Lipinski definition) is 0. The number of halogens is 1. The number of rotatable bonds is 11. The lowest BCUT2D eigenvalue weighted by molar-refractivity contribution is -0.00000658. The summed E-state index contributed by atoms with van der Waals surface area (Å²) in [6.45, 7) is 2.29. The van der Waals surface area contributed by atoms with Crippen LogP contribution in [-0.4, -0.2) is 33.2 Å². The van der Waals surface area contributed by atoms with Crippen molar-refractivity contribution in [3.8, 4) is 10.6 Å². The minimum atomic E-state index is 0. The molecule has 0 spiro atoms. The fourth-order valence-corrected chi connectivity index (χ4v) is 5.23. The van der Waals surface area contributed by atoms with Gasteiger partial charge in [-0.25, -0.2) is 9.56 Å². The van der Waals surface area contributed by atoms with Crippen molar-refractivity contribution in [2.75, 3.05) is 33.1 Å². The number of aromatic nitrogens is 1. The van der Waals surface area contributed by atoms with Crippen molar-refractivity contribution in [1.29, 1.82) is 0 Å². The second-order valence-corrected chi connectivity index (χ2v) is 10.3. The number of hydrogen-bond acceptors (Lipinski definition) is 3. The smallest absolute Gasteiger partial charge is 0.204 e. The maximum atomic E-state index is 5.01. The van der Waals surface area contributed by atoms with Gasteiger partial charge in [0.25, 0.3) is 0 Å². The van der Waals surface area contributed by atoms with E-state index in [0.717, 1.165) is 17.6 Å². The topological polar surface area (TPSA) is 19.1 Å². The Kier molecular flexibility index (Phi) is 11.4. The van der Waals surface area contributed by atoms with Crippen LogP contribution < -0.4 is 38.8 Å². The summed E-state index contributed by atoms with van der Waals surface area (Å²) in [6, 6.07) is 11.2. The molecule has 2 aliphatic rings. The lowest BCUT2D eigenvalue weighted by Gasteiger charge is -2.14. The normalized spacial score (nSPS) is 11.0. The molecule has 0 atom stereocenters. The van der Waals surface area contributed by atoms with Crippen molar-refractivity contribution < 1.29 is 24.0 Å². The molecule has 1 aromatic rings. The van der Waals surface area contributed by atoms with Gasteiger partial charge in [-0.2, -0.15) is 0 Å². The van der Waals surface area contributed by atoms with Crippen LogP contribution in [0.2, 0.25) is 0 Å². The highest BCUT2D eigenvalue weighted by Crippen LogP contribution is 2.32. The molecule has 0 unspecified atom stereocenters. The zero-order valence-corrected chi connectivity index (χ0v) is 23.6. The summed E-state index contributed by atoms with van der Waals surface area (Å²) in [5.74, 6) is 0. The zero-order valence-electron chi connectivity index (χ0n) is 20.6. The Hall–Kier alpha value is -1.21. The Morgan fingerprint density at radius 2 is 1.53 bits per heavy atom. The van der Waals surface area contributed by atoms with E-state index in [0.29, 0.717) is 0 Å². The largest absolute Gasteiger partial charge is 1.00 e. The predicted octanol–water partition coefficient (Wildman–Crippen LogP) is 3.58. The van der Waals surface area contributed by atoms with Crippen LogP contribution in [0.4, 0.5) is 5.69 Å². The van der Waals surface area contributed by atoms with E-state index >= 15 is 0 Å². The molecule has 32 heavy (non-hydrogen) atoms. The van der Waals surface area contributed by atoms with Gasteiger partial charge in [-0.3, -0.25) is 0 Å². The van der Waals surface area contributed by atoms with Crippen molar-refractivity contribution in [1.82, 2.24) is 9.56 Å². The SMILES string of the molecule is CCCCCCCCCCCc1cc2nc3ccc(N(C)C)cc3sc-2cc1=[N+](C)C.[I-]. The number of anilines is 1. The van der Waals surface area contributed by atoms with Crippen LogP contribution in [0.25, 0.3) is 20.8 Å². The third-order valence-corrected chi connectivity index (χ3v) is 7.21. The molecule has 1 aliphatic carbocycles. The van der Waals surface area contributed by atoms with Gasteiger partial charge < -0.3 is 28.9 Å². The van der Waals surface area contributed by atoms with Gasteiger partial charge in [0.1, 0.15) is 14.1 Å². The summed E-state index contributed by atoms with van der Waals surface area (Å²) in [5.41, 5.74) is 4.88. The predicted molar refractivity (Wildman–Crippen MR) is 139 cm³/mol. The Balaban J connectivity index is 0.00000363. The number of nitrogens with zero attached hydrogens (tertiary/aromatic N) is 3. The van der Waals surface area contributed by atoms with Gasteiger partial charge in [0.2, 0.25) is 5.36 Å². The monoisotopic (exact) mass is 565 g/mol. The fraction of sp³-hybridized carbons (Fsp3) is 0.556. The van der Waals surface area contributed by atoms with Crippen molar-refractivity contribution >= 4 is 27.2 Å². The van der Waals surface area contributed by atoms with Crippen LogP contribution in [-0.2, 0) is 6.42 Å². The van der Waals surface area contributed by atoms with E-state index in [2.05, 4.69) is 74.9 Å². The third kappa shape index (κ3) is 7.41. The molecular weight excluding hydrogens is 525 g/mol. The zero-order chi connectivity index (χ0) is 22.2. The van der Waals surface area contributed by atoms with Crippen LogP contribution in [0.15, 0.2) is 30.3 Å². The molecule has 0 bridgehead atoms. The van der Waals surface area contributed by atoms with E-state index in [1.54, 1.807) is 0 Å². The highest BCUT2D eigenvalue weighted by molar-refractivity contribution is 7.21. The van der Waals surface area contributed by atoms with E-state index in [9.17, 15) is 0 Å². The molecule has 1 heterocycles. The average molecular weight is 566 g/mol. The molecule has 3 nitrogen and oxygen atoms in total. The molecule has 0 aromatic heterocycles. The first-order valence-corrected chi connectivity index (χ1v) is 12.9. The molecule has 176 valence electrons. The fourth-order valence-electron chi connectivity index (χ4n) is 4.22. The van der Waals surface area contributed by atoms with E-state index in [-0.39, 0.29) is 24.0 Å². The Morgan fingerprint density at radius 3 is 2.16 bits per heavy atom. The Labute approximate surface area is 216 Å². The van der Waals surface area contributed by atoms with Crippen LogP contribution in [0.1, 0.15) is 70.3 Å². The standard InChI is InChI=1S/C27H40N3S.HI/c1-6-7-8-9-10-11-12-13-14-15-21-18-24-27(20-25(21)30(4)5)31-26-19-22(29(2)3)16-17-23(26)28-24;/h16-20H,6-15H2,1-5H3;1H/q+1;/p-1. The molecule has 0 saturated carbocycles. The Morgan fingerprint density at radius 1 is 0.875 bits per heavy atom. The van der Waals surface area contributed by atoms with Gasteiger partial charge in [-0.1, -0.05) is 58.3 Å². The molecule has 1 aliphatic heterocycles. The van der Waals surface area contributed by atoms with Crippen LogP contribution in [0.5, 0.6) is 0 Å². The molecule has 0 N–H and O–H groups in total. The lowest BCUT2D eigenvalue weighted by Crippen LogP contribution is -3.00. The molecule has 0 fully saturated rings. The first-order chi connectivity index (χ1) is 15.0. The van der Waals surface area contributed by atoms with Gasteiger partial charge in [-0.15, -0.1) is 11.3 Å². The van der Waals surface area contributed by atoms with Crippen molar-refractivity contribution in [3.63, 3.8) is 0 Å². The minimum Gasteiger partial charge on any atom is -1.00 e. The maximum Gasteiger partial charge on any atom is 0.204 e. The van der Waals surface area contributed by atoms with E-state index in [1.807, 2.05) is 11.3 Å². The van der Waals surface area contributed by atoms with E-state index in [1.165, 1.54) is 84.0 Å². The highest BCUT2D eigenvalue weighted by atomic mass is 127. The summed E-state index contributed by atoms with van der Waals surface area (Å²) in [7, 11) is 8.49. The third-order valence-electron chi connectivity index (χ3n) is 6.11.